The largest absolute Gasteiger partial charge is 0.144 e. The molecule has 1 atom stereocenters. The molecule has 0 saturated carbocycles. The van der Waals surface area contributed by atoms with E-state index in [0.717, 1.165) is 4.47 Å². The Labute approximate surface area is 111 Å². The Morgan fingerprint density at radius 2 is 1.87 bits per heavy atom. The van der Waals surface area contributed by atoms with Crippen molar-refractivity contribution in [1.29, 1.82) is 0 Å². The van der Waals surface area contributed by atoms with Crippen LogP contribution in [0.1, 0.15) is 20.1 Å². The van der Waals surface area contributed by atoms with E-state index in [-0.39, 0.29) is 4.83 Å². The van der Waals surface area contributed by atoms with Gasteiger partial charge in [0.15, 0.2) is 0 Å². The summed E-state index contributed by atoms with van der Waals surface area (Å²) in [5, 5.41) is 0. The maximum absolute atomic E-state index is 3.74. The van der Waals surface area contributed by atoms with Crippen LogP contribution >= 0.6 is 43.2 Å². The van der Waals surface area contributed by atoms with Crippen molar-refractivity contribution in [2.75, 3.05) is 0 Å². The number of hydrogen-bond donors (Lipinski definition) is 0. The highest BCUT2D eigenvalue weighted by atomic mass is 79.9. The van der Waals surface area contributed by atoms with Crippen LogP contribution in [-0.4, -0.2) is 0 Å². The van der Waals surface area contributed by atoms with E-state index in [4.69, 9.17) is 0 Å². The molecule has 0 amide bonds. The highest BCUT2D eigenvalue weighted by Crippen LogP contribution is 2.38. The number of halogens is 2. The number of thiophene rings is 1. The van der Waals surface area contributed by atoms with Crippen molar-refractivity contribution in [3.05, 3.63) is 56.2 Å². The van der Waals surface area contributed by atoms with Gasteiger partial charge in [0.2, 0.25) is 0 Å². The highest BCUT2D eigenvalue weighted by Gasteiger charge is 2.14. The molecule has 0 bridgehead atoms. The first-order valence-electron chi connectivity index (χ1n) is 4.63. The Morgan fingerprint density at radius 3 is 2.47 bits per heavy atom. The fourth-order valence-corrected chi connectivity index (χ4v) is 3.95. The second-order valence-corrected chi connectivity index (χ2v) is 6.42. The average Bonchev–Trinajstić information content (AvgIpc) is 2.65. The van der Waals surface area contributed by atoms with Crippen LogP contribution in [0.3, 0.4) is 0 Å². The van der Waals surface area contributed by atoms with Crippen LogP contribution in [-0.2, 0) is 0 Å². The molecule has 0 saturated heterocycles. The fraction of sp³-hybridized carbons (Fsp3) is 0.167. The Morgan fingerprint density at radius 1 is 1.13 bits per heavy atom. The molecule has 0 fully saturated rings. The van der Waals surface area contributed by atoms with Crippen LogP contribution < -0.4 is 0 Å². The van der Waals surface area contributed by atoms with Crippen molar-refractivity contribution in [2.24, 2.45) is 0 Å². The van der Waals surface area contributed by atoms with E-state index in [1.165, 1.54) is 15.3 Å². The zero-order chi connectivity index (χ0) is 10.8. The summed E-state index contributed by atoms with van der Waals surface area (Å²) in [7, 11) is 0. The summed E-state index contributed by atoms with van der Waals surface area (Å²) >= 11 is 9.15. The third kappa shape index (κ3) is 2.52. The normalized spacial score (nSPS) is 12.7. The molecule has 78 valence electrons. The highest BCUT2D eigenvalue weighted by molar-refractivity contribution is 9.11. The molecule has 0 aliphatic heterocycles. The lowest BCUT2D eigenvalue weighted by molar-refractivity contribution is 1.21. The summed E-state index contributed by atoms with van der Waals surface area (Å²) in [6.45, 7) is 2.13. The molecule has 0 N–H and O–H groups in total. The van der Waals surface area contributed by atoms with Gasteiger partial charge in [-0.15, -0.1) is 11.3 Å². The number of hydrogen-bond acceptors (Lipinski definition) is 1. The molecule has 1 heterocycles. The number of rotatable bonds is 2. The third-order valence-corrected chi connectivity index (χ3v) is 5.27. The van der Waals surface area contributed by atoms with Crippen molar-refractivity contribution in [2.45, 2.75) is 11.8 Å². The smallest absolute Gasteiger partial charge is 0.0749 e. The maximum atomic E-state index is 3.74. The monoisotopic (exact) mass is 344 g/mol. The molecule has 1 aromatic carbocycles. The molecule has 0 spiro atoms. The van der Waals surface area contributed by atoms with Crippen molar-refractivity contribution in [3.8, 4) is 0 Å². The van der Waals surface area contributed by atoms with Gasteiger partial charge in [-0.3, -0.25) is 0 Å². The summed E-state index contributed by atoms with van der Waals surface area (Å²) in [5.74, 6) is 0. The molecular weight excluding hydrogens is 336 g/mol. The van der Waals surface area contributed by atoms with Crippen LogP contribution in [0.25, 0.3) is 0 Å². The minimum absolute atomic E-state index is 0.284. The zero-order valence-electron chi connectivity index (χ0n) is 8.21. The summed E-state index contributed by atoms with van der Waals surface area (Å²) in [4.78, 5) is 2.98. The summed E-state index contributed by atoms with van der Waals surface area (Å²) in [6.07, 6.45) is 0. The van der Waals surface area contributed by atoms with Gasteiger partial charge in [0, 0.05) is 14.2 Å². The first-order valence-corrected chi connectivity index (χ1v) is 7.16. The van der Waals surface area contributed by atoms with Gasteiger partial charge in [-0.25, -0.2) is 0 Å². The van der Waals surface area contributed by atoms with Gasteiger partial charge in [0.05, 0.1) is 4.83 Å². The molecule has 1 unspecified atom stereocenters. The van der Waals surface area contributed by atoms with E-state index in [1.54, 1.807) is 0 Å². The Kier molecular flexibility index (Phi) is 3.65. The van der Waals surface area contributed by atoms with Gasteiger partial charge >= 0.3 is 0 Å². The molecule has 3 heteroatoms. The van der Waals surface area contributed by atoms with E-state index in [9.17, 15) is 0 Å². The van der Waals surface area contributed by atoms with Crippen LogP contribution in [0.2, 0.25) is 0 Å². The van der Waals surface area contributed by atoms with Gasteiger partial charge in [0.1, 0.15) is 0 Å². The molecular formula is C12H10Br2S. The molecule has 1 aromatic heterocycles. The first kappa shape index (κ1) is 11.4. The van der Waals surface area contributed by atoms with E-state index in [2.05, 4.69) is 69.1 Å². The third-order valence-electron chi connectivity index (χ3n) is 2.19. The van der Waals surface area contributed by atoms with Crippen LogP contribution in [0.15, 0.2) is 40.9 Å². The molecule has 0 aliphatic carbocycles. The Bertz CT molecular complexity index is 462. The minimum atomic E-state index is 0.284. The maximum Gasteiger partial charge on any atom is 0.0749 e. The van der Waals surface area contributed by atoms with Gasteiger partial charge in [0.25, 0.3) is 0 Å². The quantitative estimate of drug-likeness (QED) is 0.647. The molecule has 0 nitrogen and oxygen atoms in total. The van der Waals surface area contributed by atoms with Gasteiger partial charge in [-0.2, -0.15) is 0 Å². The summed E-state index contributed by atoms with van der Waals surface area (Å²) in [5.41, 5.74) is 1.28. The van der Waals surface area contributed by atoms with Crippen LogP contribution in [0.4, 0.5) is 0 Å². The SMILES string of the molecule is Cc1ccc(C(Br)c2ccccc2Br)s1. The first-order chi connectivity index (χ1) is 7.18. The van der Waals surface area contributed by atoms with E-state index < -0.39 is 0 Å². The molecule has 0 aliphatic rings. The van der Waals surface area contributed by atoms with E-state index >= 15 is 0 Å². The van der Waals surface area contributed by atoms with Crippen LogP contribution in [0.5, 0.6) is 0 Å². The number of benzene rings is 1. The summed E-state index contributed by atoms with van der Waals surface area (Å²) < 4.78 is 1.15. The summed E-state index contributed by atoms with van der Waals surface area (Å²) in [6, 6.07) is 12.6. The van der Waals surface area contributed by atoms with Crippen LogP contribution in [0, 0.1) is 6.92 Å². The molecule has 2 aromatic rings. The predicted octanol–water partition coefficient (Wildman–Crippen LogP) is 5.30. The lowest BCUT2D eigenvalue weighted by Gasteiger charge is -2.09. The predicted molar refractivity (Wildman–Crippen MR) is 74.0 cm³/mol. The minimum Gasteiger partial charge on any atom is -0.144 e. The molecule has 15 heavy (non-hydrogen) atoms. The standard InChI is InChI=1S/C12H10Br2S/c1-8-6-7-11(15-8)12(14)9-4-2-3-5-10(9)13/h2-7,12H,1H3. The van der Waals surface area contributed by atoms with Crippen molar-refractivity contribution < 1.29 is 0 Å². The second-order valence-electron chi connectivity index (χ2n) is 3.33. The van der Waals surface area contributed by atoms with Gasteiger partial charge in [-0.1, -0.05) is 50.1 Å². The Balaban J connectivity index is 2.36. The average molecular weight is 346 g/mol. The van der Waals surface area contributed by atoms with E-state index in [1.807, 2.05) is 17.4 Å². The topological polar surface area (TPSA) is 0 Å². The second kappa shape index (κ2) is 4.81. The van der Waals surface area contributed by atoms with Gasteiger partial charge in [-0.05, 0) is 30.7 Å². The molecule has 0 radical (unpaired) electrons. The number of alkyl halides is 1. The van der Waals surface area contributed by atoms with Crippen molar-refractivity contribution in [3.63, 3.8) is 0 Å². The van der Waals surface area contributed by atoms with Gasteiger partial charge < -0.3 is 0 Å². The lowest BCUT2D eigenvalue weighted by atomic mass is 10.1. The van der Waals surface area contributed by atoms with E-state index in [0.29, 0.717) is 0 Å². The zero-order valence-corrected chi connectivity index (χ0v) is 12.2. The van der Waals surface area contributed by atoms with Crippen molar-refractivity contribution in [1.82, 2.24) is 0 Å². The van der Waals surface area contributed by atoms with Crippen molar-refractivity contribution >= 4 is 43.2 Å². The molecule has 2 rings (SSSR count). The lowest BCUT2D eigenvalue weighted by Crippen LogP contribution is -1.90. The number of aryl methyl sites for hydroxylation is 1. The Hall–Kier alpha value is -0.120. The fourth-order valence-electron chi connectivity index (χ4n) is 1.42.